The standard InChI is InChI=1S/C19H21N3O6.H2S/c1-12(2)18(23)21-10-4-6-15(21)19(24)28-11-27-16-8-7-14(22(25)26)13-5-3-9-20-17(13)16;/h3,5,7-9,12,15H,4,6,10-11H2,1-2H3;1H2/t15-;/m0./s1. The maximum Gasteiger partial charge on any atom is 0.331 e. The Kier molecular flexibility index (Phi) is 7.38. The number of fused-ring (bicyclic) bond motifs is 1. The van der Waals surface area contributed by atoms with Gasteiger partial charge in [0.25, 0.3) is 5.69 Å². The van der Waals surface area contributed by atoms with Gasteiger partial charge >= 0.3 is 5.97 Å². The average molecular weight is 421 g/mol. The molecule has 1 atom stereocenters. The minimum Gasteiger partial charge on any atom is -0.455 e. The normalized spacial score (nSPS) is 15.8. The number of nitro groups is 1. The summed E-state index contributed by atoms with van der Waals surface area (Å²) in [5, 5.41) is 11.5. The summed E-state index contributed by atoms with van der Waals surface area (Å²) in [5.74, 6) is -0.519. The molecule has 10 heteroatoms. The van der Waals surface area contributed by atoms with Crippen LogP contribution < -0.4 is 4.74 Å². The number of benzene rings is 1. The summed E-state index contributed by atoms with van der Waals surface area (Å²) in [4.78, 5) is 40.9. The van der Waals surface area contributed by atoms with E-state index in [1.54, 1.807) is 30.9 Å². The third-order valence-electron chi connectivity index (χ3n) is 4.62. The van der Waals surface area contributed by atoms with Crippen LogP contribution in [-0.2, 0) is 14.3 Å². The highest BCUT2D eigenvalue weighted by atomic mass is 32.1. The van der Waals surface area contributed by atoms with Crippen LogP contribution in [-0.4, -0.2) is 46.1 Å². The van der Waals surface area contributed by atoms with Crippen molar-refractivity contribution in [1.82, 2.24) is 9.88 Å². The smallest absolute Gasteiger partial charge is 0.331 e. The van der Waals surface area contributed by atoms with Gasteiger partial charge in [0.05, 0.1) is 10.3 Å². The Hall–Kier alpha value is -2.88. The van der Waals surface area contributed by atoms with Crippen molar-refractivity contribution in [2.45, 2.75) is 32.7 Å². The van der Waals surface area contributed by atoms with Gasteiger partial charge in [0.2, 0.25) is 12.7 Å². The Balaban J connectivity index is 0.00000300. The summed E-state index contributed by atoms with van der Waals surface area (Å²) in [6.07, 6.45) is 2.80. The number of non-ortho nitro benzene ring substituents is 1. The Morgan fingerprint density at radius 2 is 2.10 bits per heavy atom. The first-order chi connectivity index (χ1) is 13.4. The predicted molar refractivity (Wildman–Crippen MR) is 110 cm³/mol. The van der Waals surface area contributed by atoms with Crippen molar-refractivity contribution in [2.75, 3.05) is 13.3 Å². The van der Waals surface area contributed by atoms with Crippen LogP contribution >= 0.6 is 13.5 Å². The van der Waals surface area contributed by atoms with E-state index >= 15 is 0 Å². The highest BCUT2D eigenvalue weighted by Crippen LogP contribution is 2.31. The van der Waals surface area contributed by atoms with E-state index in [9.17, 15) is 19.7 Å². The molecule has 0 spiro atoms. The molecule has 3 rings (SSSR count). The fraction of sp³-hybridized carbons (Fsp3) is 0.421. The second-order valence-corrected chi connectivity index (χ2v) is 6.81. The molecule has 0 N–H and O–H groups in total. The monoisotopic (exact) mass is 421 g/mol. The lowest BCUT2D eigenvalue weighted by molar-refractivity contribution is -0.383. The van der Waals surface area contributed by atoms with Crippen molar-refractivity contribution in [2.24, 2.45) is 5.92 Å². The highest BCUT2D eigenvalue weighted by molar-refractivity contribution is 7.59. The molecule has 9 nitrogen and oxygen atoms in total. The van der Waals surface area contributed by atoms with Crippen LogP contribution in [0.15, 0.2) is 30.5 Å². The third-order valence-corrected chi connectivity index (χ3v) is 4.62. The van der Waals surface area contributed by atoms with Gasteiger partial charge in [-0.15, -0.1) is 0 Å². The molecule has 1 aromatic carbocycles. The van der Waals surface area contributed by atoms with Crippen molar-refractivity contribution >= 4 is 42.0 Å². The first-order valence-corrected chi connectivity index (χ1v) is 9.02. The highest BCUT2D eigenvalue weighted by Gasteiger charge is 2.36. The number of ether oxygens (including phenoxy) is 2. The molecule has 1 aliphatic heterocycles. The zero-order chi connectivity index (χ0) is 20.3. The van der Waals surface area contributed by atoms with E-state index in [0.717, 1.165) is 6.42 Å². The van der Waals surface area contributed by atoms with E-state index in [4.69, 9.17) is 9.47 Å². The third kappa shape index (κ3) is 4.76. The number of carbonyl (C=O) groups is 2. The quantitative estimate of drug-likeness (QED) is 0.305. The number of hydrogen-bond donors (Lipinski definition) is 0. The maximum absolute atomic E-state index is 12.4. The molecule has 1 amide bonds. The molecule has 0 saturated carbocycles. The molecule has 156 valence electrons. The number of nitrogens with zero attached hydrogens (tertiary/aromatic N) is 3. The topological polar surface area (TPSA) is 112 Å². The van der Waals surface area contributed by atoms with Crippen molar-refractivity contribution < 1.29 is 24.0 Å². The SMILES string of the molecule is CC(C)C(=O)N1CCC[C@H]1C(=O)OCOc1ccc([N+](=O)[O-])c2cccnc12.S. The van der Waals surface area contributed by atoms with Crippen molar-refractivity contribution in [1.29, 1.82) is 0 Å². The van der Waals surface area contributed by atoms with Crippen LogP contribution in [0.3, 0.4) is 0 Å². The summed E-state index contributed by atoms with van der Waals surface area (Å²) >= 11 is 0. The van der Waals surface area contributed by atoms with E-state index in [2.05, 4.69) is 4.98 Å². The summed E-state index contributed by atoms with van der Waals surface area (Å²) in [7, 11) is 0. The largest absolute Gasteiger partial charge is 0.455 e. The second kappa shape index (κ2) is 9.55. The first kappa shape index (κ1) is 22.4. The molecular formula is C19H23N3O6S. The summed E-state index contributed by atoms with van der Waals surface area (Å²) in [6, 6.07) is 5.31. The van der Waals surface area contributed by atoms with Crippen LogP contribution in [0, 0.1) is 16.0 Å². The van der Waals surface area contributed by atoms with E-state index in [1.165, 1.54) is 18.3 Å². The number of nitro benzene ring substituents is 1. The number of pyridine rings is 1. The Morgan fingerprint density at radius 1 is 1.34 bits per heavy atom. The first-order valence-electron chi connectivity index (χ1n) is 9.02. The fourth-order valence-corrected chi connectivity index (χ4v) is 3.26. The summed E-state index contributed by atoms with van der Waals surface area (Å²) in [5.41, 5.74) is 0.228. The van der Waals surface area contributed by atoms with E-state index < -0.39 is 16.9 Å². The zero-order valence-electron chi connectivity index (χ0n) is 16.2. The molecule has 0 unspecified atom stereocenters. The molecule has 0 radical (unpaired) electrons. The van der Waals surface area contributed by atoms with Crippen LogP contribution in [0.4, 0.5) is 5.69 Å². The van der Waals surface area contributed by atoms with Crippen molar-refractivity contribution in [3.8, 4) is 5.75 Å². The van der Waals surface area contributed by atoms with Gasteiger partial charge in [-0.1, -0.05) is 13.8 Å². The van der Waals surface area contributed by atoms with Crippen LogP contribution in [0.5, 0.6) is 5.75 Å². The zero-order valence-corrected chi connectivity index (χ0v) is 17.2. The Labute approximate surface area is 174 Å². The van der Waals surface area contributed by atoms with Crippen LogP contribution in [0.2, 0.25) is 0 Å². The molecule has 0 bridgehead atoms. The summed E-state index contributed by atoms with van der Waals surface area (Å²) in [6.45, 7) is 3.74. The molecular weight excluding hydrogens is 398 g/mol. The van der Waals surface area contributed by atoms with Gasteiger partial charge in [0.15, 0.2) is 0 Å². The van der Waals surface area contributed by atoms with Gasteiger partial charge in [-0.05, 0) is 31.0 Å². The molecule has 1 fully saturated rings. The van der Waals surface area contributed by atoms with E-state index in [0.29, 0.717) is 23.9 Å². The van der Waals surface area contributed by atoms with E-state index in [1.807, 2.05) is 0 Å². The Bertz CT molecular complexity index is 920. The van der Waals surface area contributed by atoms with Gasteiger partial charge in [0, 0.05) is 24.7 Å². The molecule has 1 aromatic heterocycles. The minimum absolute atomic E-state index is 0. The number of amides is 1. The second-order valence-electron chi connectivity index (χ2n) is 6.81. The lowest BCUT2D eigenvalue weighted by Crippen LogP contribution is -2.43. The minimum atomic E-state index is -0.606. The summed E-state index contributed by atoms with van der Waals surface area (Å²) < 4.78 is 10.7. The number of rotatable bonds is 6. The van der Waals surface area contributed by atoms with Crippen LogP contribution in [0.1, 0.15) is 26.7 Å². The number of aromatic nitrogens is 1. The fourth-order valence-electron chi connectivity index (χ4n) is 3.26. The molecule has 1 saturated heterocycles. The number of carbonyl (C=O) groups excluding carboxylic acids is 2. The van der Waals surface area contributed by atoms with Gasteiger partial charge < -0.3 is 14.4 Å². The average Bonchev–Trinajstić information content (AvgIpc) is 3.16. The maximum atomic E-state index is 12.4. The van der Waals surface area contributed by atoms with Gasteiger partial charge in [-0.2, -0.15) is 13.5 Å². The van der Waals surface area contributed by atoms with Crippen LogP contribution in [0.25, 0.3) is 10.9 Å². The Morgan fingerprint density at radius 3 is 2.79 bits per heavy atom. The molecule has 0 aliphatic carbocycles. The van der Waals surface area contributed by atoms with Crippen molar-refractivity contribution in [3.63, 3.8) is 0 Å². The van der Waals surface area contributed by atoms with Gasteiger partial charge in [-0.3, -0.25) is 19.9 Å². The molecule has 2 heterocycles. The lowest BCUT2D eigenvalue weighted by atomic mass is 10.1. The molecule has 1 aliphatic rings. The molecule has 2 aromatic rings. The van der Waals surface area contributed by atoms with Gasteiger partial charge in [-0.25, -0.2) is 4.79 Å². The predicted octanol–water partition coefficient (Wildman–Crippen LogP) is 2.78. The number of esters is 1. The lowest BCUT2D eigenvalue weighted by Gasteiger charge is -2.24. The molecule has 29 heavy (non-hydrogen) atoms. The van der Waals surface area contributed by atoms with Gasteiger partial charge in [0.1, 0.15) is 17.3 Å². The number of likely N-dealkylation sites (tertiary alicyclic amines) is 1. The van der Waals surface area contributed by atoms with Crippen molar-refractivity contribution in [3.05, 3.63) is 40.6 Å². The van der Waals surface area contributed by atoms with E-state index in [-0.39, 0.29) is 43.6 Å². The number of hydrogen-bond acceptors (Lipinski definition) is 7.